The van der Waals surface area contributed by atoms with Crippen LogP contribution >= 0.6 is 11.8 Å². The SMILES string of the molecule is CC(=O)N[C@H]1C(O[C@@H]2OC(COC(C)=O)[C@H](OC(C)=O)C(OC(C)=O)[C@@H]2OC(C)=O)[C@@H](O)C(CO)O[C@@H]1OCCOCCCCCSC(C)=O. The Balaban J connectivity index is 2.32. The number of hydrogen-bond acceptors (Lipinski definition) is 18. The molecule has 0 radical (unpaired) electrons. The highest BCUT2D eigenvalue weighted by molar-refractivity contribution is 8.13. The lowest BCUT2D eigenvalue weighted by Crippen LogP contribution is -2.69. The highest BCUT2D eigenvalue weighted by Gasteiger charge is 2.56. The highest BCUT2D eigenvalue weighted by atomic mass is 32.2. The van der Waals surface area contributed by atoms with Gasteiger partial charge in [0, 0.05) is 53.9 Å². The summed E-state index contributed by atoms with van der Waals surface area (Å²) < 4.78 is 50.8. The number of unbranched alkanes of at least 4 members (excludes halogenated alkanes) is 2. The Hall–Kier alpha value is -2.91. The van der Waals surface area contributed by atoms with E-state index in [0.29, 0.717) is 6.61 Å². The van der Waals surface area contributed by atoms with Crippen LogP contribution in [0.2, 0.25) is 0 Å². The predicted octanol–water partition coefficient (Wildman–Crippen LogP) is -0.479. The van der Waals surface area contributed by atoms with Gasteiger partial charge in [0.2, 0.25) is 5.91 Å². The maximum absolute atomic E-state index is 12.3. The fourth-order valence-electron chi connectivity index (χ4n) is 5.24. The predicted molar refractivity (Wildman–Crippen MR) is 170 cm³/mol. The van der Waals surface area contributed by atoms with E-state index in [-0.39, 0.29) is 18.3 Å². The summed E-state index contributed by atoms with van der Waals surface area (Å²) in [5.41, 5.74) is 0. The number of hydrogen-bond donors (Lipinski definition) is 3. The number of carbonyl (C=O) groups excluding carboxylic acids is 6. The van der Waals surface area contributed by atoms with Crippen LogP contribution in [0.15, 0.2) is 0 Å². The summed E-state index contributed by atoms with van der Waals surface area (Å²) in [5.74, 6) is -3.12. The molecule has 286 valence electrons. The molecule has 2 fully saturated rings. The quantitative estimate of drug-likeness (QED) is 0.0861. The first-order valence-electron chi connectivity index (χ1n) is 16.1. The maximum atomic E-state index is 12.3. The Bertz CT molecular complexity index is 1140. The van der Waals surface area contributed by atoms with Gasteiger partial charge in [0.1, 0.15) is 37.1 Å². The molecule has 0 aromatic heterocycles. The maximum Gasteiger partial charge on any atom is 0.303 e. The molecule has 3 N–H and O–H groups in total. The van der Waals surface area contributed by atoms with E-state index in [1.165, 1.54) is 25.6 Å². The summed E-state index contributed by atoms with van der Waals surface area (Å²) in [4.78, 5) is 71.6. The van der Waals surface area contributed by atoms with Crippen LogP contribution in [0.1, 0.15) is 60.8 Å². The van der Waals surface area contributed by atoms with Crippen LogP contribution in [0.25, 0.3) is 0 Å². The van der Waals surface area contributed by atoms with Crippen molar-refractivity contribution in [1.82, 2.24) is 5.32 Å². The van der Waals surface area contributed by atoms with E-state index >= 15 is 0 Å². The van der Waals surface area contributed by atoms with Gasteiger partial charge < -0.3 is 58.2 Å². The summed E-state index contributed by atoms with van der Waals surface area (Å²) in [5, 5.41) is 24.0. The van der Waals surface area contributed by atoms with Gasteiger partial charge in [-0.15, -0.1) is 0 Å². The topological polar surface area (TPSA) is 238 Å². The lowest BCUT2D eigenvalue weighted by Gasteiger charge is -2.48. The Labute approximate surface area is 294 Å². The third-order valence-corrected chi connectivity index (χ3v) is 8.11. The molecule has 50 heavy (non-hydrogen) atoms. The molecule has 10 atom stereocenters. The Morgan fingerprint density at radius 1 is 0.700 bits per heavy atom. The first-order valence-corrected chi connectivity index (χ1v) is 17.1. The molecule has 1 amide bonds. The molecular formula is C31H49NO17S. The van der Waals surface area contributed by atoms with Crippen molar-refractivity contribution in [2.45, 2.75) is 122 Å². The van der Waals surface area contributed by atoms with Crippen molar-refractivity contribution >= 4 is 46.7 Å². The van der Waals surface area contributed by atoms with Gasteiger partial charge in [0.25, 0.3) is 0 Å². The number of rotatable bonds is 19. The van der Waals surface area contributed by atoms with Crippen LogP contribution in [-0.2, 0) is 71.4 Å². The van der Waals surface area contributed by atoms with Crippen LogP contribution in [0.5, 0.6) is 0 Å². The van der Waals surface area contributed by atoms with Crippen LogP contribution < -0.4 is 5.32 Å². The van der Waals surface area contributed by atoms with Gasteiger partial charge >= 0.3 is 23.9 Å². The first kappa shape index (κ1) is 43.3. The average molecular weight is 740 g/mol. The lowest BCUT2D eigenvalue weighted by atomic mass is 9.95. The zero-order valence-corrected chi connectivity index (χ0v) is 29.9. The van der Waals surface area contributed by atoms with Gasteiger partial charge in [-0.2, -0.15) is 0 Å². The molecule has 2 saturated heterocycles. The molecule has 0 aromatic carbocycles. The van der Waals surface area contributed by atoms with Crippen molar-refractivity contribution < 1.29 is 81.6 Å². The smallest absolute Gasteiger partial charge is 0.303 e. The van der Waals surface area contributed by atoms with Crippen molar-refractivity contribution in [1.29, 1.82) is 0 Å². The fourth-order valence-corrected chi connectivity index (χ4v) is 5.87. The third kappa shape index (κ3) is 14.7. The summed E-state index contributed by atoms with van der Waals surface area (Å²) in [6, 6.07) is -1.25. The van der Waals surface area contributed by atoms with Gasteiger partial charge in [-0.1, -0.05) is 18.2 Å². The van der Waals surface area contributed by atoms with E-state index in [0.717, 1.165) is 52.7 Å². The highest BCUT2D eigenvalue weighted by Crippen LogP contribution is 2.33. The second kappa shape index (κ2) is 22.1. The van der Waals surface area contributed by atoms with Gasteiger partial charge in [-0.3, -0.25) is 28.8 Å². The first-order chi connectivity index (χ1) is 23.6. The zero-order valence-electron chi connectivity index (χ0n) is 29.1. The molecule has 19 heteroatoms. The Morgan fingerprint density at radius 2 is 1.32 bits per heavy atom. The van der Waals surface area contributed by atoms with E-state index in [4.69, 9.17) is 42.6 Å². The van der Waals surface area contributed by atoms with E-state index in [1.54, 1.807) is 0 Å². The molecule has 0 spiro atoms. The molecule has 0 aliphatic carbocycles. The molecule has 2 aliphatic rings. The minimum atomic E-state index is -1.71. The fraction of sp³-hybridized carbons (Fsp3) is 0.806. The summed E-state index contributed by atoms with van der Waals surface area (Å²) in [6.07, 6.45) is -10.9. The molecule has 18 nitrogen and oxygen atoms in total. The van der Waals surface area contributed by atoms with Crippen molar-refractivity contribution in [3.05, 3.63) is 0 Å². The van der Waals surface area contributed by atoms with E-state index in [2.05, 4.69) is 5.32 Å². The minimum Gasteiger partial charge on any atom is -0.463 e. The largest absolute Gasteiger partial charge is 0.463 e. The molecule has 0 bridgehead atoms. The number of aliphatic hydroxyl groups excluding tert-OH is 2. The van der Waals surface area contributed by atoms with Crippen LogP contribution in [-0.4, -0.2) is 145 Å². The third-order valence-electron chi connectivity index (χ3n) is 7.21. The van der Waals surface area contributed by atoms with Crippen LogP contribution in [0.4, 0.5) is 0 Å². The second-order valence-electron chi connectivity index (χ2n) is 11.5. The number of thioether (sulfide) groups is 1. The van der Waals surface area contributed by atoms with Gasteiger partial charge in [0.05, 0.1) is 19.8 Å². The number of aliphatic hydroxyl groups is 2. The molecule has 2 aliphatic heterocycles. The van der Waals surface area contributed by atoms with Gasteiger partial charge in [-0.05, 0) is 12.8 Å². The number of nitrogens with one attached hydrogen (secondary N) is 1. The monoisotopic (exact) mass is 739 g/mol. The molecule has 4 unspecified atom stereocenters. The summed E-state index contributed by atoms with van der Waals surface area (Å²) in [7, 11) is 0. The average Bonchev–Trinajstić information content (AvgIpc) is 3.01. The molecule has 0 aromatic rings. The van der Waals surface area contributed by atoms with Gasteiger partial charge in [0.15, 0.2) is 36.0 Å². The summed E-state index contributed by atoms with van der Waals surface area (Å²) in [6.45, 7) is 6.34. The van der Waals surface area contributed by atoms with E-state index < -0.39 is 104 Å². The molecular weight excluding hydrogens is 690 g/mol. The molecule has 2 heterocycles. The number of amides is 1. The summed E-state index contributed by atoms with van der Waals surface area (Å²) >= 11 is 1.27. The van der Waals surface area contributed by atoms with Crippen LogP contribution in [0, 0.1) is 0 Å². The van der Waals surface area contributed by atoms with Crippen molar-refractivity contribution in [3.63, 3.8) is 0 Å². The Morgan fingerprint density at radius 3 is 1.90 bits per heavy atom. The molecule has 0 saturated carbocycles. The number of ether oxygens (including phenoxy) is 9. The van der Waals surface area contributed by atoms with E-state index in [9.17, 15) is 39.0 Å². The van der Waals surface area contributed by atoms with Crippen molar-refractivity contribution in [3.8, 4) is 0 Å². The number of esters is 4. The van der Waals surface area contributed by atoms with Gasteiger partial charge in [-0.25, -0.2) is 0 Å². The van der Waals surface area contributed by atoms with Crippen LogP contribution in [0.3, 0.4) is 0 Å². The molecule has 2 rings (SSSR count). The zero-order chi connectivity index (χ0) is 37.4. The number of carbonyl (C=O) groups is 6. The van der Waals surface area contributed by atoms with Crippen molar-refractivity contribution in [2.75, 3.05) is 38.8 Å². The lowest BCUT2D eigenvalue weighted by molar-refractivity contribution is -0.347. The Kier molecular flexibility index (Phi) is 19.1. The van der Waals surface area contributed by atoms with Crippen molar-refractivity contribution in [2.24, 2.45) is 0 Å². The minimum absolute atomic E-state index is 0.0268. The standard InChI is InChI=1S/C31H49NO17S/c1-16(34)32-24-27(25(40)22(14-33)47-30(24)42-12-11-41-10-8-7-9-13-50-21(6)39)49-31-29(46-20(5)38)28(45-19(4)37)26(44-18(3)36)23(48-31)15-43-17(2)35/h22-31,33,40H,7-15H2,1-6H3,(H,32,34)/t22?,23?,24-,25-,26-,27?,28?,29-,30-,31-/m0/s1. The second-order valence-corrected chi connectivity index (χ2v) is 12.8. The van der Waals surface area contributed by atoms with E-state index in [1.807, 2.05) is 0 Å². The normalized spacial score (nSPS) is 29.4.